The van der Waals surface area contributed by atoms with Crippen LogP contribution in [0.3, 0.4) is 0 Å². The van der Waals surface area contributed by atoms with Crippen molar-refractivity contribution in [1.29, 1.82) is 0 Å². The summed E-state index contributed by atoms with van der Waals surface area (Å²) in [5.41, 5.74) is 0.253. The molecule has 0 bridgehead atoms. The first-order valence-electron chi connectivity index (χ1n) is 7.58. The van der Waals surface area contributed by atoms with Crippen LogP contribution in [0.2, 0.25) is 0 Å². The van der Waals surface area contributed by atoms with Gasteiger partial charge in [0.05, 0.1) is 19.5 Å². The van der Waals surface area contributed by atoms with Crippen LogP contribution in [0.25, 0.3) is 11.0 Å². The van der Waals surface area contributed by atoms with Gasteiger partial charge in [0.25, 0.3) is 0 Å². The third kappa shape index (κ3) is 4.31. The molecular weight excluding hydrogens is 303 g/mol. The summed E-state index contributed by atoms with van der Waals surface area (Å²) in [6, 6.07) is 4.15. The molecule has 6 heteroatoms. The molecule has 1 heterocycles. The minimum Gasteiger partial charge on any atom is -0.465 e. The van der Waals surface area contributed by atoms with Crippen molar-refractivity contribution in [3.63, 3.8) is 0 Å². The number of halogens is 1. The summed E-state index contributed by atoms with van der Waals surface area (Å²) in [6.45, 7) is 7.48. The fraction of sp³-hybridized carbons (Fsp3) is 0.412. The summed E-state index contributed by atoms with van der Waals surface area (Å²) in [6.07, 6.45) is 1.33. The first-order chi connectivity index (χ1) is 11.1. The Morgan fingerprint density at radius 2 is 1.70 bits per heavy atom. The molecule has 0 saturated carbocycles. The quantitative estimate of drug-likeness (QED) is 0.618. The fourth-order valence-corrected chi connectivity index (χ4v) is 2.05. The number of carbonyl (C=O) groups is 2. The van der Waals surface area contributed by atoms with Gasteiger partial charge >= 0.3 is 11.9 Å². The van der Waals surface area contributed by atoms with E-state index in [1.807, 2.05) is 13.8 Å². The largest absolute Gasteiger partial charge is 0.465 e. The Kier molecular flexibility index (Phi) is 7.25. The number of hydrogen-bond donors (Lipinski definition) is 0. The summed E-state index contributed by atoms with van der Waals surface area (Å²) in [4.78, 5) is 24.0. The summed E-state index contributed by atoms with van der Waals surface area (Å²) < 4.78 is 28.7. The van der Waals surface area contributed by atoms with E-state index < -0.39 is 23.7 Å². The Morgan fingerprint density at radius 3 is 2.22 bits per heavy atom. The van der Waals surface area contributed by atoms with E-state index in [-0.39, 0.29) is 24.4 Å². The zero-order valence-electron chi connectivity index (χ0n) is 13.7. The molecule has 0 spiro atoms. The molecule has 2 aromatic rings. The molecule has 0 atom stereocenters. The Balaban J connectivity index is 0.00000127. The zero-order chi connectivity index (χ0) is 17.4. The highest BCUT2D eigenvalue weighted by molar-refractivity contribution is 6.01. The van der Waals surface area contributed by atoms with E-state index in [0.29, 0.717) is 5.39 Å². The van der Waals surface area contributed by atoms with Gasteiger partial charge in [-0.25, -0.2) is 4.39 Å². The van der Waals surface area contributed by atoms with E-state index >= 15 is 0 Å². The second-order valence-electron chi connectivity index (χ2n) is 4.28. The van der Waals surface area contributed by atoms with Gasteiger partial charge in [0, 0.05) is 5.39 Å². The molecule has 2 rings (SSSR count). The summed E-state index contributed by atoms with van der Waals surface area (Å²) >= 11 is 0. The summed E-state index contributed by atoms with van der Waals surface area (Å²) in [7, 11) is 0. The number of fused-ring (bicyclic) bond motifs is 1. The van der Waals surface area contributed by atoms with Gasteiger partial charge in [-0.3, -0.25) is 9.59 Å². The number of rotatable bonds is 5. The molecule has 5 nitrogen and oxygen atoms in total. The first kappa shape index (κ1) is 18.7. The lowest BCUT2D eigenvalue weighted by molar-refractivity contribution is -0.156. The van der Waals surface area contributed by atoms with Crippen LogP contribution in [0.4, 0.5) is 4.39 Å². The van der Waals surface area contributed by atoms with Crippen molar-refractivity contribution in [1.82, 2.24) is 0 Å². The molecule has 0 radical (unpaired) electrons. The molecule has 0 unspecified atom stereocenters. The van der Waals surface area contributed by atoms with E-state index in [9.17, 15) is 14.0 Å². The highest BCUT2D eigenvalue weighted by atomic mass is 19.1. The molecule has 0 aliphatic heterocycles. The maximum Gasteiger partial charge on any atom is 0.324 e. The van der Waals surface area contributed by atoms with Gasteiger partial charge in [-0.05, 0) is 37.6 Å². The number of ether oxygens (including phenoxy) is 2. The molecule has 23 heavy (non-hydrogen) atoms. The van der Waals surface area contributed by atoms with Crippen LogP contribution < -0.4 is 0 Å². The van der Waals surface area contributed by atoms with Gasteiger partial charge in [-0.1, -0.05) is 13.8 Å². The lowest BCUT2D eigenvalue weighted by Gasteiger charge is -2.14. The second-order valence-corrected chi connectivity index (χ2v) is 4.28. The molecule has 0 amide bonds. The summed E-state index contributed by atoms with van der Waals surface area (Å²) in [5.74, 6) is -3.49. The molecule has 0 N–H and O–H groups in total. The van der Waals surface area contributed by atoms with Crippen LogP contribution in [0.15, 0.2) is 28.9 Å². The third-order valence-electron chi connectivity index (χ3n) is 2.91. The lowest BCUT2D eigenvalue weighted by atomic mass is 9.98. The third-order valence-corrected chi connectivity index (χ3v) is 2.91. The molecule has 0 aliphatic rings. The van der Waals surface area contributed by atoms with Crippen LogP contribution in [-0.2, 0) is 19.1 Å². The minimum absolute atomic E-state index is 0.0743. The SMILES string of the molecule is CC.CCOC(=O)C(C(=O)OCC)c1cc(F)c2occc2c1. The number of benzene rings is 1. The van der Waals surface area contributed by atoms with Crippen molar-refractivity contribution in [3.8, 4) is 0 Å². The van der Waals surface area contributed by atoms with Gasteiger partial charge in [-0.15, -0.1) is 0 Å². The van der Waals surface area contributed by atoms with E-state index in [0.717, 1.165) is 6.07 Å². The molecule has 0 saturated heterocycles. The number of hydrogen-bond acceptors (Lipinski definition) is 5. The monoisotopic (exact) mass is 324 g/mol. The van der Waals surface area contributed by atoms with E-state index in [2.05, 4.69) is 0 Å². The van der Waals surface area contributed by atoms with Crippen molar-refractivity contribution in [2.45, 2.75) is 33.6 Å². The van der Waals surface area contributed by atoms with Crippen LogP contribution in [0.1, 0.15) is 39.2 Å². The second kappa shape index (κ2) is 8.92. The molecule has 0 fully saturated rings. The van der Waals surface area contributed by atoms with Crippen molar-refractivity contribution >= 4 is 22.9 Å². The summed E-state index contributed by atoms with van der Waals surface area (Å²) in [5, 5.41) is 0.462. The molecule has 0 aliphatic carbocycles. The molecule has 126 valence electrons. The average molecular weight is 324 g/mol. The van der Waals surface area contributed by atoms with Crippen molar-refractivity contribution in [2.24, 2.45) is 0 Å². The normalized spacial score (nSPS) is 10.2. The van der Waals surface area contributed by atoms with Gasteiger partial charge < -0.3 is 13.9 Å². The maximum absolute atomic E-state index is 13.9. The van der Waals surface area contributed by atoms with Crippen molar-refractivity contribution in [3.05, 3.63) is 35.8 Å². The number of carbonyl (C=O) groups excluding carboxylic acids is 2. The Hall–Kier alpha value is -2.37. The van der Waals surface area contributed by atoms with Gasteiger partial charge in [0.15, 0.2) is 17.3 Å². The predicted octanol–water partition coefficient (Wildman–Crippen LogP) is 3.81. The number of esters is 2. The van der Waals surface area contributed by atoms with Crippen LogP contribution in [0.5, 0.6) is 0 Å². The highest BCUT2D eigenvalue weighted by Gasteiger charge is 2.32. The van der Waals surface area contributed by atoms with Gasteiger partial charge in [0.2, 0.25) is 0 Å². The van der Waals surface area contributed by atoms with Crippen LogP contribution in [0, 0.1) is 5.82 Å². The maximum atomic E-state index is 13.9. The van der Waals surface area contributed by atoms with Crippen LogP contribution >= 0.6 is 0 Å². The van der Waals surface area contributed by atoms with Gasteiger partial charge in [0.1, 0.15) is 0 Å². The topological polar surface area (TPSA) is 65.7 Å². The Bertz CT molecular complexity index is 644. The van der Waals surface area contributed by atoms with Crippen molar-refractivity contribution in [2.75, 3.05) is 13.2 Å². The smallest absolute Gasteiger partial charge is 0.324 e. The highest BCUT2D eigenvalue weighted by Crippen LogP contribution is 2.27. The van der Waals surface area contributed by atoms with Crippen molar-refractivity contribution < 1.29 is 27.9 Å². The fourth-order valence-electron chi connectivity index (χ4n) is 2.05. The van der Waals surface area contributed by atoms with E-state index in [1.54, 1.807) is 19.9 Å². The average Bonchev–Trinajstić information content (AvgIpc) is 2.99. The van der Waals surface area contributed by atoms with Crippen LogP contribution in [-0.4, -0.2) is 25.2 Å². The van der Waals surface area contributed by atoms with Gasteiger partial charge in [-0.2, -0.15) is 0 Å². The minimum atomic E-state index is -1.31. The molecule has 1 aromatic heterocycles. The first-order valence-corrected chi connectivity index (χ1v) is 7.58. The predicted molar refractivity (Wildman–Crippen MR) is 83.5 cm³/mol. The lowest BCUT2D eigenvalue weighted by Crippen LogP contribution is -2.26. The van der Waals surface area contributed by atoms with E-state index in [4.69, 9.17) is 13.9 Å². The van der Waals surface area contributed by atoms with E-state index in [1.165, 1.54) is 12.3 Å². The molecule has 1 aromatic carbocycles. The molecular formula is C17H21FO5. The Morgan fingerprint density at radius 1 is 1.13 bits per heavy atom. The zero-order valence-corrected chi connectivity index (χ0v) is 13.7. The number of furan rings is 1. The standard InChI is InChI=1S/C15H15FO5.C2H6/c1-3-19-14(17)12(15(18)20-4-2)10-7-9-5-6-21-13(9)11(16)8-10;1-2/h5-8,12H,3-4H2,1-2H3;1-2H3. The Labute approximate surface area is 134 Å².